The van der Waals surface area contributed by atoms with E-state index in [1.54, 1.807) is 33.5 Å². The molecule has 0 spiro atoms. The van der Waals surface area contributed by atoms with Gasteiger partial charge < -0.3 is 14.2 Å². The Kier molecular flexibility index (Phi) is 7.80. The SMILES string of the molecule is COc1cc(C(=O)CN2CCN(Cc3ccc(C(C)(C)C)cc3)CC2)cc(OC)c1OC. The van der Waals surface area contributed by atoms with Crippen molar-refractivity contribution in [1.82, 2.24) is 9.80 Å². The van der Waals surface area contributed by atoms with Gasteiger partial charge in [0.15, 0.2) is 17.3 Å². The maximum atomic E-state index is 12.9. The number of ketones is 1. The smallest absolute Gasteiger partial charge is 0.203 e. The van der Waals surface area contributed by atoms with Gasteiger partial charge >= 0.3 is 0 Å². The molecule has 0 aliphatic carbocycles. The van der Waals surface area contributed by atoms with Crippen LogP contribution in [0.15, 0.2) is 36.4 Å². The molecule has 1 saturated heterocycles. The van der Waals surface area contributed by atoms with Gasteiger partial charge in [0.1, 0.15) is 0 Å². The van der Waals surface area contributed by atoms with E-state index in [1.807, 2.05) is 0 Å². The first kappa shape index (κ1) is 24.1. The third-order valence-electron chi connectivity index (χ3n) is 6.04. The highest BCUT2D eigenvalue weighted by atomic mass is 16.5. The van der Waals surface area contributed by atoms with E-state index in [1.165, 1.54) is 11.1 Å². The number of carbonyl (C=O) groups excluding carboxylic acids is 1. The lowest BCUT2D eigenvalue weighted by atomic mass is 9.87. The minimum Gasteiger partial charge on any atom is -0.493 e. The Bertz CT molecular complexity index is 885. The van der Waals surface area contributed by atoms with Crippen molar-refractivity contribution in [3.05, 3.63) is 53.1 Å². The Balaban J connectivity index is 1.55. The van der Waals surface area contributed by atoms with Gasteiger partial charge in [0.05, 0.1) is 27.9 Å². The average Bonchev–Trinajstić information content (AvgIpc) is 2.79. The summed E-state index contributed by atoms with van der Waals surface area (Å²) in [4.78, 5) is 17.6. The third-order valence-corrected chi connectivity index (χ3v) is 6.04. The largest absolute Gasteiger partial charge is 0.493 e. The van der Waals surface area contributed by atoms with E-state index in [9.17, 15) is 4.79 Å². The lowest BCUT2D eigenvalue weighted by Gasteiger charge is -2.34. The summed E-state index contributed by atoms with van der Waals surface area (Å²) in [7, 11) is 4.67. The normalized spacial score (nSPS) is 15.4. The molecule has 6 nitrogen and oxygen atoms in total. The number of hydrogen-bond acceptors (Lipinski definition) is 6. The summed E-state index contributed by atoms with van der Waals surface area (Å²) in [6, 6.07) is 12.4. The molecule has 1 aliphatic heterocycles. The van der Waals surface area contributed by atoms with Crippen LogP contribution >= 0.6 is 0 Å². The number of rotatable bonds is 8. The zero-order chi connectivity index (χ0) is 23.3. The third kappa shape index (κ3) is 5.81. The van der Waals surface area contributed by atoms with Crippen LogP contribution in [0.3, 0.4) is 0 Å². The van der Waals surface area contributed by atoms with Crippen molar-refractivity contribution in [3.8, 4) is 17.2 Å². The summed E-state index contributed by atoms with van der Waals surface area (Å²) in [5.74, 6) is 1.54. The van der Waals surface area contributed by atoms with Crippen molar-refractivity contribution in [3.63, 3.8) is 0 Å². The summed E-state index contributed by atoms with van der Waals surface area (Å²) in [6.45, 7) is 11.7. The highest BCUT2D eigenvalue weighted by Crippen LogP contribution is 2.38. The Morgan fingerprint density at radius 2 is 1.38 bits per heavy atom. The van der Waals surface area contributed by atoms with Gasteiger partial charge in [-0.3, -0.25) is 14.6 Å². The second-order valence-corrected chi connectivity index (χ2v) is 9.34. The standard InChI is InChI=1S/C26H36N2O4/c1-26(2,3)21-9-7-19(8-10-21)17-27-11-13-28(14-12-27)18-22(29)20-15-23(30-4)25(32-6)24(16-20)31-5/h7-10,15-16H,11-14,17-18H2,1-6H3. The van der Waals surface area contributed by atoms with Gasteiger partial charge in [-0.25, -0.2) is 0 Å². The van der Waals surface area contributed by atoms with Gasteiger partial charge in [-0.15, -0.1) is 0 Å². The molecular formula is C26H36N2O4. The molecule has 32 heavy (non-hydrogen) atoms. The Hall–Kier alpha value is -2.57. The fourth-order valence-corrected chi connectivity index (χ4v) is 4.01. The van der Waals surface area contributed by atoms with Gasteiger partial charge in [0.2, 0.25) is 5.75 Å². The molecule has 1 heterocycles. The zero-order valence-corrected chi connectivity index (χ0v) is 20.2. The van der Waals surface area contributed by atoms with Crippen LogP contribution < -0.4 is 14.2 Å². The molecule has 0 atom stereocenters. The van der Waals surface area contributed by atoms with Crippen molar-refractivity contribution in [2.75, 3.05) is 54.1 Å². The Morgan fingerprint density at radius 1 is 0.844 bits per heavy atom. The number of methoxy groups -OCH3 is 3. The highest BCUT2D eigenvalue weighted by Gasteiger charge is 2.22. The van der Waals surface area contributed by atoms with E-state index in [0.29, 0.717) is 29.4 Å². The lowest BCUT2D eigenvalue weighted by molar-refractivity contribution is 0.0843. The first-order valence-electron chi connectivity index (χ1n) is 11.1. The predicted molar refractivity (Wildman–Crippen MR) is 127 cm³/mol. The first-order chi connectivity index (χ1) is 15.2. The second kappa shape index (κ2) is 10.4. The van der Waals surface area contributed by atoms with Crippen LogP contribution in [0.4, 0.5) is 0 Å². The van der Waals surface area contributed by atoms with Crippen molar-refractivity contribution in [1.29, 1.82) is 0 Å². The van der Waals surface area contributed by atoms with E-state index in [2.05, 4.69) is 54.8 Å². The fraction of sp³-hybridized carbons (Fsp3) is 0.500. The van der Waals surface area contributed by atoms with Crippen molar-refractivity contribution in [2.24, 2.45) is 0 Å². The second-order valence-electron chi connectivity index (χ2n) is 9.34. The first-order valence-corrected chi connectivity index (χ1v) is 11.1. The molecule has 6 heteroatoms. The maximum Gasteiger partial charge on any atom is 0.203 e. The molecule has 0 radical (unpaired) electrons. The maximum absolute atomic E-state index is 12.9. The van der Waals surface area contributed by atoms with Crippen LogP contribution in [-0.4, -0.2) is 69.6 Å². The summed E-state index contributed by atoms with van der Waals surface area (Å²) < 4.78 is 16.1. The minimum absolute atomic E-state index is 0.0514. The van der Waals surface area contributed by atoms with Gasteiger partial charge in [-0.05, 0) is 28.7 Å². The van der Waals surface area contributed by atoms with Crippen LogP contribution in [0.1, 0.15) is 42.3 Å². The summed E-state index contributed by atoms with van der Waals surface area (Å²) in [5, 5.41) is 0. The molecule has 0 saturated carbocycles. The number of carbonyl (C=O) groups is 1. The molecule has 0 unspecified atom stereocenters. The molecule has 0 aromatic heterocycles. The number of benzene rings is 2. The van der Waals surface area contributed by atoms with E-state index < -0.39 is 0 Å². The molecule has 174 valence electrons. The van der Waals surface area contributed by atoms with E-state index >= 15 is 0 Å². The Morgan fingerprint density at radius 3 is 1.84 bits per heavy atom. The predicted octanol–water partition coefficient (Wildman–Crippen LogP) is 4.01. The molecule has 2 aromatic rings. The van der Waals surface area contributed by atoms with Gasteiger partial charge in [-0.2, -0.15) is 0 Å². The lowest BCUT2D eigenvalue weighted by Crippen LogP contribution is -2.47. The van der Waals surface area contributed by atoms with Crippen molar-refractivity contribution in [2.45, 2.75) is 32.7 Å². The number of ether oxygens (including phenoxy) is 3. The van der Waals surface area contributed by atoms with Crippen LogP contribution in [0, 0.1) is 0 Å². The van der Waals surface area contributed by atoms with E-state index in [0.717, 1.165) is 32.7 Å². The van der Waals surface area contributed by atoms with Gasteiger partial charge in [0, 0.05) is 38.3 Å². The summed E-state index contributed by atoms with van der Waals surface area (Å²) >= 11 is 0. The Labute approximate surface area is 192 Å². The molecule has 3 rings (SSSR count). The number of piperazine rings is 1. The number of hydrogen-bond donors (Lipinski definition) is 0. The number of Topliss-reactive ketones (excluding diaryl/α,β-unsaturated/α-hetero) is 1. The molecule has 2 aromatic carbocycles. The molecular weight excluding hydrogens is 404 g/mol. The quantitative estimate of drug-likeness (QED) is 0.578. The summed E-state index contributed by atoms with van der Waals surface area (Å²) in [6.07, 6.45) is 0. The molecule has 1 aliphatic rings. The van der Waals surface area contributed by atoms with Crippen LogP contribution in [-0.2, 0) is 12.0 Å². The van der Waals surface area contributed by atoms with E-state index in [-0.39, 0.29) is 11.2 Å². The minimum atomic E-state index is 0.0514. The molecule has 1 fully saturated rings. The monoisotopic (exact) mass is 440 g/mol. The summed E-state index contributed by atoms with van der Waals surface area (Å²) in [5.41, 5.74) is 3.44. The van der Waals surface area contributed by atoms with Gasteiger partial charge in [-0.1, -0.05) is 45.0 Å². The van der Waals surface area contributed by atoms with E-state index in [4.69, 9.17) is 14.2 Å². The van der Waals surface area contributed by atoms with Gasteiger partial charge in [0.25, 0.3) is 0 Å². The molecule has 0 bridgehead atoms. The fourth-order valence-electron chi connectivity index (χ4n) is 4.01. The number of nitrogens with zero attached hydrogens (tertiary/aromatic N) is 2. The molecule has 0 amide bonds. The topological polar surface area (TPSA) is 51.2 Å². The highest BCUT2D eigenvalue weighted by molar-refractivity contribution is 5.98. The van der Waals surface area contributed by atoms with Crippen molar-refractivity contribution >= 4 is 5.78 Å². The van der Waals surface area contributed by atoms with Crippen LogP contribution in [0.25, 0.3) is 0 Å². The van der Waals surface area contributed by atoms with Crippen molar-refractivity contribution < 1.29 is 19.0 Å². The van der Waals surface area contributed by atoms with Crippen LogP contribution in [0.5, 0.6) is 17.2 Å². The van der Waals surface area contributed by atoms with Crippen LogP contribution in [0.2, 0.25) is 0 Å². The molecule has 0 N–H and O–H groups in total. The average molecular weight is 441 g/mol. The zero-order valence-electron chi connectivity index (χ0n) is 20.2.